The highest BCUT2D eigenvalue weighted by Crippen LogP contribution is 2.44. The van der Waals surface area contributed by atoms with Crippen molar-refractivity contribution >= 4 is 33.6 Å². The monoisotopic (exact) mass is 465 g/mol. The molecule has 0 saturated heterocycles. The molecule has 144 valence electrons. The highest BCUT2D eigenvalue weighted by Gasteiger charge is 2.28. The van der Waals surface area contributed by atoms with Gasteiger partial charge in [0.25, 0.3) is 0 Å². The number of rotatable bonds is 3. The van der Waals surface area contributed by atoms with Crippen molar-refractivity contribution in [3.05, 3.63) is 92.9 Å². The first-order chi connectivity index (χ1) is 14.1. The van der Waals surface area contributed by atoms with Crippen molar-refractivity contribution in [2.75, 3.05) is 13.2 Å². The van der Waals surface area contributed by atoms with Crippen LogP contribution in [-0.4, -0.2) is 19.2 Å². The smallest absolute Gasteiger partial charge is 0.407 e. The minimum Gasteiger partial charge on any atom is -0.449 e. The number of nitrogens with one attached hydrogen (secondary N) is 1. The van der Waals surface area contributed by atoms with Gasteiger partial charge in [-0.1, -0.05) is 72.0 Å². The minimum absolute atomic E-state index is 0.0456. The number of fused-ring (bicyclic) bond motifs is 3. The molecule has 0 atom stereocenters. The van der Waals surface area contributed by atoms with E-state index in [9.17, 15) is 4.79 Å². The van der Waals surface area contributed by atoms with Crippen molar-refractivity contribution in [3.8, 4) is 23.0 Å². The van der Waals surface area contributed by atoms with Gasteiger partial charge in [-0.25, -0.2) is 4.79 Å². The molecule has 0 unspecified atom stereocenters. The number of halogens is 2. The van der Waals surface area contributed by atoms with Crippen molar-refractivity contribution in [2.45, 2.75) is 5.92 Å². The number of carbonyl (C=O) groups excluding carboxylic acids is 1. The Bertz CT molecular complexity index is 1090. The molecule has 5 heteroatoms. The van der Waals surface area contributed by atoms with Crippen molar-refractivity contribution in [3.63, 3.8) is 0 Å². The van der Waals surface area contributed by atoms with E-state index < -0.39 is 6.09 Å². The lowest BCUT2D eigenvalue weighted by Gasteiger charge is -2.14. The maximum Gasteiger partial charge on any atom is 0.407 e. The third-order valence-corrected chi connectivity index (χ3v) is 5.71. The SMILES string of the molecule is O=C(NCC#Cc1ccc(Cl)cc1Br)OCC1c2ccccc2-c2ccccc21. The summed E-state index contributed by atoms with van der Waals surface area (Å²) in [7, 11) is 0. The first kappa shape index (κ1) is 19.6. The quantitative estimate of drug-likeness (QED) is 0.481. The van der Waals surface area contributed by atoms with Crippen molar-refractivity contribution in [1.82, 2.24) is 5.32 Å². The van der Waals surface area contributed by atoms with Crippen LogP contribution in [0.3, 0.4) is 0 Å². The molecule has 0 aromatic heterocycles. The molecular weight excluding hydrogens is 450 g/mol. The molecule has 29 heavy (non-hydrogen) atoms. The molecule has 0 bridgehead atoms. The van der Waals surface area contributed by atoms with Crippen LogP contribution in [0.15, 0.2) is 71.2 Å². The van der Waals surface area contributed by atoms with Crippen LogP contribution in [0.4, 0.5) is 4.79 Å². The van der Waals surface area contributed by atoms with Crippen LogP contribution in [0.1, 0.15) is 22.6 Å². The van der Waals surface area contributed by atoms with Gasteiger partial charge in [0.05, 0.1) is 6.54 Å². The normalized spacial score (nSPS) is 11.8. The van der Waals surface area contributed by atoms with Crippen LogP contribution in [0, 0.1) is 11.8 Å². The summed E-state index contributed by atoms with van der Waals surface area (Å²) in [6.07, 6.45) is -0.476. The molecule has 0 heterocycles. The Morgan fingerprint density at radius 2 is 1.69 bits per heavy atom. The predicted molar refractivity (Wildman–Crippen MR) is 119 cm³/mol. The summed E-state index contributed by atoms with van der Waals surface area (Å²) in [6, 6.07) is 21.9. The topological polar surface area (TPSA) is 38.3 Å². The van der Waals surface area contributed by atoms with E-state index in [1.165, 1.54) is 22.3 Å². The van der Waals surface area contributed by atoms with Gasteiger partial charge in [-0.15, -0.1) is 0 Å². The summed E-state index contributed by atoms with van der Waals surface area (Å²) >= 11 is 9.34. The molecule has 3 nitrogen and oxygen atoms in total. The van der Waals surface area contributed by atoms with Crippen LogP contribution >= 0.6 is 27.5 Å². The van der Waals surface area contributed by atoms with Gasteiger partial charge in [-0.3, -0.25) is 0 Å². The van der Waals surface area contributed by atoms with Gasteiger partial charge in [0.2, 0.25) is 0 Å². The number of amides is 1. The third kappa shape index (κ3) is 4.32. The second kappa shape index (κ2) is 8.73. The molecule has 1 N–H and O–H groups in total. The Balaban J connectivity index is 1.35. The highest BCUT2D eigenvalue weighted by atomic mass is 79.9. The second-order valence-corrected chi connectivity index (χ2v) is 7.90. The number of hydrogen-bond acceptors (Lipinski definition) is 2. The summed E-state index contributed by atoms with van der Waals surface area (Å²) in [5.41, 5.74) is 5.60. The molecule has 3 aromatic rings. The Morgan fingerprint density at radius 3 is 2.34 bits per heavy atom. The van der Waals surface area contributed by atoms with E-state index in [-0.39, 0.29) is 19.1 Å². The number of carbonyl (C=O) groups is 1. The largest absolute Gasteiger partial charge is 0.449 e. The first-order valence-corrected chi connectivity index (χ1v) is 10.3. The number of ether oxygens (including phenoxy) is 1. The molecule has 0 radical (unpaired) electrons. The Hall–Kier alpha value is -2.74. The zero-order valence-corrected chi connectivity index (χ0v) is 17.8. The Labute approximate surface area is 183 Å². The maximum absolute atomic E-state index is 12.1. The van der Waals surface area contributed by atoms with Crippen LogP contribution in [-0.2, 0) is 4.74 Å². The predicted octanol–water partition coefficient (Wildman–Crippen LogP) is 5.99. The van der Waals surface area contributed by atoms with E-state index in [2.05, 4.69) is 57.4 Å². The molecule has 1 aliphatic carbocycles. The highest BCUT2D eigenvalue weighted by molar-refractivity contribution is 9.10. The molecule has 0 saturated carbocycles. The van der Waals surface area contributed by atoms with E-state index in [0.717, 1.165) is 10.0 Å². The summed E-state index contributed by atoms with van der Waals surface area (Å²) < 4.78 is 6.31. The van der Waals surface area contributed by atoms with E-state index in [1.807, 2.05) is 30.3 Å². The molecule has 4 rings (SSSR count). The second-order valence-electron chi connectivity index (χ2n) is 6.61. The van der Waals surface area contributed by atoms with Crippen molar-refractivity contribution < 1.29 is 9.53 Å². The fraction of sp³-hybridized carbons (Fsp3) is 0.125. The number of benzene rings is 3. The third-order valence-electron chi connectivity index (χ3n) is 4.82. The molecular formula is C24H17BrClNO2. The van der Waals surface area contributed by atoms with Crippen molar-refractivity contribution in [1.29, 1.82) is 0 Å². The summed E-state index contributed by atoms with van der Waals surface area (Å²) in [5, 5.41) is 3.32. The molecule has 0 spiro atoms. The standard InChI is InChI=1S/C24H17BrClNO2/c25-23-14-17(26)12-11-16(23)6-5-13-27-24(28)29-15-22-20-9-3-1-7-18(20)19-8-2-4-10-21(19)22/h1-4,7-12,14,22H,13,15H2,(H,27,28). The van der Waals surface area contributed by atoms with Crippen LogP contribution in [0.5, 0.6) is 0 Å². The van der Waals surface area contributed by atoms with Gasteiger partial charge in [0.15, 0.2) is 0 Å². The molecule has 1 amide bonds. The van der Waals surface area contributed by atoms with E-state index in [0.29, 0.717) is 5.02 Å². The summed E-state index contributed by atoms with van der Waals surface area (Å²) in [5.74, 6) is 5.96. The van der Waals surface area contributed by atoms with E-state index in [1.54, 1.807) is 12.1 Å². The average molecular weight is 467 g/mol. The fourth-order valence-corrected chi connectivity index (χ4v) is 4.28. The van der Waals surface area contributed by atoms with Crippen LogP contribution in [0.2, 0.25) is 5.02 Å². The lowest BCUT2D eigenvalue weighted by molar-refractivity contribution is 0.144. The molecule has 0 aliphatic heterocycles. The molecule has 1 aliphatic rings. The fourth-order valence-electron chi connectivity index (χ4n) is 3.50. The average Bonchev–Trinajstić information content (AvgIpc) is 3.05. The van der Waals surface area contributed by atoms with Gasteiger partial charge >= 0.3 is 6.09 Å². The molecule has 3 aromatic carbocycles. The van der Waals surface area contributed by atoms with E-state index in [4.69, 9.17) is 16.3 Å². The van der Waals surface area contributed by atoms with Gasteiger partial charge < -0.3 is 10.1 Å². The van der Waals surface area contributed by atoms with Gasteiger partial charge in [0.1, 0.15) is 6.61 Å². The summed E-state index contributed by atoms with van der Waals surface area (Å²) in [4.78, 5) is 12.1. The van der Waals surface area contributed by atoms with Crippen LogP contribution in [0.25, 0.3) is 11.1 Å². The first-order valence-electron chi connectivity index (χ1n) is 9.16. The minimum atomic E-state index is -0.476. The number of alkyl carbamates (subject to hydrolysis) is 1. The lowest BCUT2D eigenvalue weighted by atomic mass is 9.98. The lowest BCUT2D eigenvalue weighted by Crippen LogP contribution is -2.26. The number of hydrogen-bond donors (Lipinski definition) is 1. The van der Waals surface area contributed by atoms with E-state index >= 15 is 0 Å². The van der Waals surface area contributed by atoms with Gasteiger partial charge in [0, 0.05) is 21.0 Å². The maximum atomic E-state index is 12.1. The molecule has 0 fully saturated rings. The summed E-state index contributed by atoms with van der Waals surface area (Å²) in [6.45, 7) is 0.488. The Morgan fingerprint density at radius 1 is 1.03 bits per heavy atom. The van der Waals surface area contributed by atoms with Gasteiger partial charge in [-0.05, 0) is 56.4 Å². The van der Waals surface area contributed by atoms with Crippen molar-refractivity contribution in [2.24, 2.45) is 0 Å². The van der Waals surface area contributed by atoms with Crippen LogP contribution < -0.4 is 5.32 Å². The zero-order valence-electron chi connectivity index (χ0n) is 15.4. The Kier molecular flexibility index (Phi) is 5.89. The van der Waals surface area contributed by atoms with Gasteiger partial charge in [-0.2, -0.15) is 0 Å². The zero-order chi connectivity index (χ0) is 20.2.